The fraction of sp³-hybridized carbons (Fsp3) is 0.833. The van der Waals surface area contributed by atoms with E-state index < -0.39 is 0 Å². The number of ether oxygens (including phenoxy) is 1. The number of rotatable bonds is 2. The Bertz CT molecular complexity index is 110. The van der Waals surface area contributed by atoms with Gasteiger partial charge in [-0.1, -0.05) is 20.3 Å². The molecule has 1 rings (SSSR count). The highest BCUT2D eigenvalue weighted by atomic mass is 16.5. The first kappa shape index (κ1) is 12.7. The van der Waals surface area contributed by atoms with E-state index in [4.69, 9.17) is 4.74 Å². The predicted octanol–water partition coefficient (Wildman–Crippen LogP) is 3.79. The Labute approximate surface area is 83.2 Å². The lowest BCUT2D eigenvalue weighted by Gasteiger charge is -2.32. The van der Waals surface area contributed by atoms with Crippen molar-refractivity contribution in [1.82, 2.24) is 0 Å². The molecule has 1 saturated heterocycles. The second-order valence-corrected chi connectivity index (χ2v) is 3.72. The largest absolute Gasteiger partial charge is 0.375 e. The van der Waals surface area contributed by atoms with E-state index >= 15 is 0 Å². The summed E-state index contributed by atoms with van der Waals surface area (Å²) in [6.45, 7) is 12.7. The fourth-order valence-corrected chi connectivity index (χ4v) is 1.97. The molecule has 13 heavy (non-hydrogen) atoms. The van der Waals surface area contributed by atoms with Crippen molar-refractivity contribution in [2.24, 2.45) is 5.92 Å². The maximum atomic E-state index is 5.77. The molecule has 0 aromatic rings. The molecule has 0 bridgehead atoms. The molecule has 0 aromatic heterocycles. The fourth-order valence-electron chi connectivity index (χ4n) is 1.97. The topological polar surface area (TPSA) is 9.23 Å². The lowest BCUT2D eigenvalue weighted by atomic mass is 9.89. The summed E-state index contributed by atoms with van der Waals surface area (Å²) in [4.78, 5) is 0. The normalized spacial score (nSPS) is 33.3. The molecule has 0 aliphatic carbocycles. The van der Waals surface area contributed by atoms with Crippen LogP contribution in [0.5, 0.6) is 0 Å². The maximum absolute atomic E-state index is 5.77. The summed E-state index contributed by atoms with van der Waals surface area (Å²) in [6, 6.07) is 0. The van der Waals surface area contributed by atoms with Gasteiger partial charge in [0.25, 0.3) is 0 Å². The van der Waals surface area contributed by atoms with Gasteiger partial charge in [0.2, 0.25) is 0 Å². The molecule has 1 unspecified atom stereocenters. The van der Waals surface area contributed by atoms with Crippen molar-refractivity contribution in [2.45, 2.75) is 58.7 Å². The Balaban J connectivity index is 0.000000671. The van der Waals surface area contributed by atoms with Crippen molar-refractivity contribution in [2.75, 3.05) is 0 Å². The Kier molecular flexibility index (Phi) is 6.97. The van der Waals surface area contributed by atoms with E-state index in [-0.39, 0.29) is 0 Å². The van der Waals surface area contributed by atoms with Gasteiger partial charge in [0.05, 0.1) is 12.2 Å². The highest BCUT2D eigenvalue weighted by molar-refractivity contribution is 4.73. The van der Waals surface area contributed by atoms with Crippen LogP contribution in [0.2, 0.25) is 0 Å². The minimum atomic E-state index is 0.499. The molecule has 1 nitrogen and oxygen atoms in total. The third-order valence-corrected chi connectivity index (χ3v) is 2.72. The van der Waals surface area contributed by atoms with E-state index in [1.807, 2.05) is 0 Å². The Morgan fingerprint density at radius 2 is 1.77 bits per heavy atom. The zero-order chi connectivity index (χ0) is 10.3. The highest BCUT2D eigenvalue weighted by Crippen LogP contribution is 2.28. The monoisotopic (exact) mass is 184 g/mol. The Morgan fingerprint density at radius 1 is 1.15 bits per heavy atom. The van der Waals surface area contributed by atoms with Crippen LogP contribution in [0.1, 0.15) is 46.5 Å². The maximum Gasteiger partial charge on any atom is 0.0578 e. The quantitative estimate of drug-likeness (QED) is 0.593. The van der Waals surface area contributed by atoms with E-state index in [0.29, 0.717) is 12.2 Å². The third-order valence-electron chi connectivity index (χ3n) is 2.72. The van der Waals surface area contributed by atoms with Crippen molar-refractivity contribution in [3.05, 3.63) is 13.2 Å². The molecule has 1 heterocycles. The van der Waals surface area contributed by atoms with Gasteiger partial charge >= 0.3 is 0 Å². The van der Waals surface area contributed by atoms with E-state index in [9.17, 15) is 0 Å². The first-order valence-electron chi connectivity index (χ1n) is 5.41. The summed E-state index contributed by atoms with van der Waals surface area (Å²) in [5.74, 6) is 0.920. The molecule has 78 valence electrons. The first-order valence-corrected chi connectivity index (χ1v) is 5.41. The van der Waals surface area contributed by atoms with Crippen LogP contribution in [-0.2, 0) is 4.74 Å². The highest BCUT2D eigenvalue weighted by Gasteiger charge is 2.24. The summed E-state index contributed by atoms with van der Waals surface area (Å²) in [5, 5.41) is 0. The molecule has 1 fully saturated rings. The van der Waals surface area contributed by atoms with Crippen molar-refractivity contribution in [3.63, 3.8) is 0 Å². The van der Waals surface area contributed by atoms with Gasteiger partial charge in [-0.15, -0.1) is 13.2 Å². The van der Waals surface area contributed by atoms with Gasteiger partial charge in [-0.05, 0) is 32.1 Å². The summed E-state index contributed by atoms with van der Waals surface area (Å²) in [5.41, 5.74) is 0. The van der Waals surface area contributed by atoms with Crippen LogP contribution < -0.4 is 0 Å². The minimum absolute atomic E-state index is 0.499. The van der Waals surface area contributed by atoms with Crippen molar-refractivity contribution >= 4 is 0 Å². The van der Waals surface area contributed by atoms with Crippen molar-refractivity contribution in [3.8, 4) is 0 Å². The van der Waals surface area contributed by atoms with Crippen molar-refractivity contribution in [1.29, 1.82) is 0 Å². The van der Waals surface area contributed by atoms with E-state index in [2.05, 4.69) is 33.9 Å². The predicted molar refractivity (Wildman–Crippen MR) is 58.9 cm³/mol. The van der Waals surface area contributed by atoms with Crippen LogP contribution in [0.25, 0.3) is 0 Å². The lowest BCUT2D eigenvalue weighted by Crippen LogP contribution is -2.30. The summed E-state index contributed by atoms with van der Waals surface area (Å²) in [6.07, 6.45) is 6.11. The number of hydrogen-bond acceptors (Lipinski definition) is 1. The third kappa shape index (κ3) is 4.47. The van der Waals surface area contributed by atoms with E-state index in [1.54, 1.807) is 0 Å². The summed E-state index contributed by atoms with van der Waals surface area (Å²) in [7, 11) is 0. The minimum Gasteiger partial charge on any atom is -0.375 e. The Morgan fingerprint density at radius 3 is 2.23 bits per heavy atom. The standard InChI is InChI=1S/C10H20O.C2H4/c1-4-9-6-8(3)11-10(5-2)7-9;1-2/h8-10H,4-7H2,1-3H3;1-2H2/t8?,9-,10-;/m1./s1. The summed E-state index contributed by atoms with van der Waals surface area (Å²) >= 11 is 0. The van der Waals surface area contributed by atoms with Crippen LogP contribution in [-0.4, -0.2) is 12.2 Å². The molecule has 1 aliphatic rings. The van der Waals surface area contributed by atoms with Gasteiger partial charge in [0.15, 0.2) is 0 Å². The second kappa shape index (κ2) is 7.14. The van der Waals surface area contributed by atoms with Crippen molar-refractivity contribution < 1.29 is 4.74 Å². The SMILES string of the molecule is C=C.CC[C@@H]1CC(C)O[C@H](CC)C1. The molecule has 0 spiro atoms. The molecule has 0 saturated carbocycles. The first-order chi connectivity index (χ1) is 6.26. The molecular formula is C12H24O. The Hall–Kier alpha value is -0.300. The molecular weight excluding hydrogens is 160 g/mol. The average Bonchev–Trinajstić information content (AvgIpc) is 2.20. The van der Waals surface area contributed by atoms with Gasteiger partial charge in [0, 0.05) is 0 Å². The molecule has 1 heteroatoms. The van der Waals surface area contributed by atoms with Gasteiger partial charge in [0.1, 0.15) is 0 Å². The average molecular weight is 184 g/mol. The smallest absolute Gasteiger partial charge is 0.0578 e. The lowest BCUT2D eigenvalue weighted by molar-refractivity contribution is -0.0632. The van der Waals surface area contributed by atoms with Crippen LogP contribution in [0, 0.1) is 5.92 Å². The molecule has 0 N–H and O–H groups in total. The van der Waals surface area contributed by atoms with E-state index in [0.717, 1.165) is 5.92 Å². The van der Waals surface area contributed by atoms with Crippen LogP contribution >= 0.6 is 0 Å². The zero-order valence-electron chi connectivity index (χ0n) is 9.38. The molecule has 0 aromatic carbocycles. The molecule has 1 aliphatic heterocycles. The van der Waals surface area contributed by atoms with Gasteiger partial charge in [-0.25, -0.2) is 0 Å². The van der Waals surface area contributed by atoms with Crippen LogP contribution in [0.15, 0.2) is 13.2 Å². The summed E-state index contributed by atoms with van der Waals surface area (Å²) < 4.78 is 5.77. The van der Waals surface area contributed by atoms with Gasteiger partial charge in [-0.3, -0.25) is 0 Å². The number of hydrogen-bond donors (Lipinski definition) is 0. The zero-order valence-corrected chi connectivity index (χ0v) is 9.38. The van der Waals surface area contributed by atoms with Crippen LogP contribution in [0.3, 0.4) is 0 Å². The molecule has 3 atom stereocenters. The van der Waals surface area contributed by atoms with Crippen LogP contribution in [0.4, 0.5) is 0 Å². The van der Waals surface area contributed by atoms with Gasteiger partial charge < -0.3 is 4.74 Å². The van der Waals surface area contributed by atoms with Gasteiger partial charge in [-0.2, -0.15) is 0 Å². The van der Waals surface area contributed by atoms with E-state index in [1.165, 1.54) is 25.7 Å². The molecule has 0 amide bonds. The molecule has 0 radical (unpaired) electrons. The second-order valence-electron chi connectivity index (χ2n) is 3.72.